The number of likely N-dealkylation sites (tertiary alicyclic amines) is 1. The fourth-order valence-corrected chi connectivity index (χ4v) is 7.75. The maximum absolute atomic E-state index is 13.5. The van der Waals surface area contributed by atoms with E-state index in [1.807, 2.05) is 7.05 Å². The third-order valence-corrected chi connectivity index (χ3v) is 9.95. The predicted octanol–water partition coefficient (Wildman–Crippen LogP) is 1.29. The Morgan fingerprint density at radius 3 is 2.35 bits per heavy atom. The average Bonchev–Trinajstić information content (AvgIpc) is 3.43. The second kappa shape index (κ2) is 13.3. The Bertz CT molecular complexity index is 1820. The highest BCUT2D eigenvalue weighted by atomic mass is 16.6. The van der Waals surface area contributed by atoms with Crippen LogP contribution in [-0.4, -0.2) is 105 Å². The zero-order valence-electron chi connectivity index (χ0n) is 27.5. The molecular formula is C35H35NO15. The fourth-order valence-electron chi connectivity index (χ4n) is 7.75. The van der Waals surface area contributed by atoms with Gasteiger partial charge in [-0.15, -0.1) is 0 Å². The molecule has 2 bridgehead atoms. The molecule has 7 atom stereocenters. The molecular weight excluding hydrogens is 674 g/mol. The van der Waals surface area contributed by atoms with E-state index in [1.165, 1.54) is 36.4 Å². The molecule has 1 spiro atoms. The number of benzene rings is 2. The number of aromatic hydroxyl groups is 1. The summed E-state index contributed by atoms with van der Waals surface area (Å²) in [6.45, 7) is 1.55. The molecule has 1 fully saturated rings. The van der Waals surface area contributed by atoms with Gasteiger partial charge in [0, 0.05) is 30.5 Å². The summed E-state index contributed by atoms with van der Waals surface area (Å²) in [6, 6.07) is 10.2. The van der Waals surface area contributed by atoms with Crippen LogP contribution in [0.15, 0.2) is 54.3 Å². The number of carbonyl (C=O) groups excluding carboxylic acids is 4. The molecule has 1 saturated heterocycles. The van der Waals surface area contributed by atoms with Gasteiger partial charge >= 0.3 is 35.8 Å². The van der Waals surface area contributed by atoms with Crippen molar-refractivity contribution in [2.24, 2.45) is 0 Å². The number of rotatable bonds is 12. The van der Waals surface area contributed by atoms with Crippen molar-refractivity contribution in [1.29, 1.82) is 0 Å². The topological polar surface area (TPSA) is 233 Å². The summed E-state index contributed by atoms with van der Waals surface area (Å²) in [5.74, 6) is -8.14. The van der Waals surface area contributed by atoms with E-state index in [4.69, 9.17) is 28.8 Å². The number of phenolic OH excluding ortho intramolecular Hbond substituents is 1. The molecule has 2 aromatic rings. The first kappa shape index (κ1) is 35.3. The normalized spacial score (nSPS) is 25.8. The van der Waals surface area contributed by atoms with Gasteiger partial charge in [-0.3, -0.25) is 14.4 Å². The molecule has 16 heteroatoms. The van der Waals surface area contributed by atoms with E-state index in [0.717, 1.165) is 12.5 Å². The summed E-state index contributed by atoms with van der Waals surface area (Å²) in [5, 5.41) is 41.4. The number of carbonyl (C=O) groups is 6. The van der Waals surface area contributed by atoms with Crippen molar-refractivity contribution in [2.75, 3.05) is 13.6 Å². The molecule has 2 aliphatic heterocycles. The summed E-state index contributed by atoms with van der Waals surface area (Å²) in [5.41, 5.74) is -0.845. The van der Waals surface area contributed by atoms with Crippen molar-refractivity contribution in [3.8, 4) is 11.5 Å². The van der Waals surface area contributed by atoms with E-state index >= 15 is 0 Å². The van der Waals surface area contributed by atoms with Gasteiger partial charge in [0.1, 0.15) is 5.76 Å². The quantitative estimate of drug-likeness (QED) is 0.180. The van der Waals surface area contributed by atoms with E-state index in [2.05, 4.69) is 4.90 Å². The van der Waals surface area contributed by atoms with Crippen LogP contribution in [0.4, 0.5) is 0 Å². The van der Waals surface area contributed by atoms with Crippen molar-refractivity contribution in [2.45, 2.75) is 80.5 Å². The number of aliphatic carboxylic acids is 2. The van der Waals surface area contributed by atoms with E-state index in [0.29, 0.717) is 24.9 Å². The van der Waals surface area contributed by atoms with E-state index in [-0.39, 0.29) is 35.3 Å². The lowest BCUT2D eigenvalue weighted by Gasteiger charge is -2.61. The van der Waals surface area contributed by atoms with Crippen LogP contribution in [-0.2, 0) is 59.6 Å². The highest BCUT2D eigenvalue weighted by Crippen LogP contribution is 2.65. The van der Waals surface area contributed by atoms with Crippen molar-refractivity contribution >= 4 is 35.8 Å². The predicted molar refractivity (Wildman–Crippen MR) is 168 cm³/mol. The summed E-state index contributed by atoms with van der Waals surface area (Å²) in [6.07, 6.45) is -6.51. The monoisotopic (exact) mass is 709 g/mol. The molecule has 6 rings (SSSR count). The van der Waals surface area contributed by atoms with Gasteiger partial charge in [0.15, 0.2) is 17.6 Å². The van der Waals surface area contributed by atoms with Crippen molar-refractivity contribution < 1.29 is 72.9 Å². The Hall–Kier alpha value is -5.48. The molecule has 0 radical (unpaired) electrons. The molecule has 270 valence electrons. The van der Waals surface area contributed by atoms with Crippen LogP contribution in [0.2, 0.25) is 0 Å². The minimum Gasteiger partial charge on any atom is -0.504 e. The molecule has 0 unspecified atom stereocenters. The Labute approximate surface area is 290 Å². The third kappa shape index (κ3) is 6.14. The van der Waals surface area contributed by atoms with Crippen LogP contribution in [0.3, 0.4) is 0 Å². The maximum Gasteiger partial charge on any atom is 0.353 e. The van der Waals surface area contributed by atoms with Gasteiger partial charge in [0.25, 0.3) is 0 Å². The fraction of sp³-hybridized carbons (Fsp3) is 0.429. The van der Waals surface area contributed by atoms with Gasteiger partial charge in [-0.25, -0.2) is 14.4 Å². The average molecular weight is 710 g/mol. The smallest absolute Gasteiger partial charge is 0.353 e. The van der Waals surface area contributed by atoms with Gasteiger partial charge in [0.05, 0.1) is 23.9 Å². The Morgan fingerprint density at radius 1 is 0.961 bits per heavy atom. The van der Waals surface area contributed by atoms with Gasteiger partial charge < -0.3 is 49.0 Å². The zero-order chi connectivity index (χ0) is 36.8. The van der Waals surface area contributed by atoms with Crippen LogP contribution < -0.4 is 4.74 Å². The molecule has 2 aliphatic carbocycles. The standard InChI is InChI=1S/C35H35NO15/c1-17(37)47-23(32(44)51-28(18-6-4-3-5-7-18)33(45)49-22(31(42)43)15-25(39)40)16-26(41)48-21-10-11-35(46)24-14-19-8-9-20(38)29-27(19)34(35,30(21)50-29)12-13-36(24)2/h3-10,22-24,28,30,38,46H,11-16H2,1-2H3,(H,39,40)(H,42,43)/t22-,23+,24-,28+,30+,34+,35-/m1/s1. The highest BCUT2D eigenvalue weighted by molar-refractivity contribution is 5.88. The number of hydrogen-bond acceptors (Lipinski definition) is 14. The second-order valence-electron chi connectivity index (χ2n) is 13.0. The van der Waals surface area contributed by atoms with Crippen LogP contribution in [0, 0.1) is 0 Å². The molecule has 0 amide bonds. The summed E-state index contributed by atoms with van der Waals surface area (Å²) in [7, 11) is 1.92. The SMILES string of the molecule is CC(=O)O[C@@H](CC(=O)OC1=CC[C@@]2(O)[C@H]3Cc4ccc(O)c5c4[C@@]2(CCN3C)[C@H]1O5)C(=O)O[C@H](C(=O)O[C@H](CC(=O)O)C(=O)O)c1ccccc1. The Morgan fingerprint density at radius 2 is 1.69 bits per heavy atom. The first-order valence-corrected chi connectivity index (χ1v) is 16.1. The lowest BCUT2D eigenvalue weighted by molar-refractivity contribution is -0.186. The highest BCUT2D eigenvalue weighted by Gasteiger charge is 2.72. The van der Waals surface area contributed by atoms with E-state index < -0.39 is 84.1 Å². The number of phenols is 1. The van der Waals surface area contributed by atoms with Gasteiger partial charge in [-0.05, 0) is 44.1 Å². The summed E-state index contributed by atoms with van der Waals surface area (Å²) >= 11 is 0. The number of nitrogens with zero attached hydrogens (tertiary/aromatic N) is 1. The second-order valence-corrected chi connectivity index (χ2v) is 13.0. The van der Waals surface area contributed by atoms with E-state index in [9.17, 15) is 44.1 Å². The molecule has 4 aliphatic rings. The third-order valence-electron chi connectivity index (χ3n) is 9.95. The van der Waals surface area contributed by atoms with E-state index in [1.54, 1.807) is 12.1 Å². The first-order chi connectivity index (χ1) is 24.2. The van der Waals surface area contributed by atoms with Crippen molar-refractivity contribution in [3.63, 3.8) is 0 Å². The maximum atomic E-state index is 13.5. The van der Waals surface area contributed by atoms with Crippen LogP contribution >= 0.6 is 0 Å². The van der Waals surface area contributed by atoms with Crippen LogP contribution in [0.5, 0.6) is 11.5 Å². The number of carboxylic acid groups (broad SMARTS) is 2. The molecule has 4 N–H and O–H groups in total. The van der Waals surface area contributed by atoms with Crippen LogP contribution in [0.25, 0.3) is 0 Å². The zero-order valence-corrected chi connectivity index (χ0v) is 27.5. The number of aliphatic hydroxyl groups is 1. The molecule has 0 saturated carbocycles. The molecule has 2 heterocycles. The molecule has 51 heavy (non-hydrogen) atoms. The Balaban J connectivity index is 1.23. The van der Waals surface area contributed by atoms with Crippen LogP contribution in [0.1, 0.15) is 55.4 Å². The Kier molecular flexibility index (Phi) is 9.24. The number of piperidine rings is 1. The van der Waals surface area contributed by atoms with Gasteiger partial charge in [0.2, 0.25) is 18.3 Å². The number of esters is 4. The van der Waals surface area contributed by atoms with Gasteiger partial charge in [-0.2, -0.15) is 0 Å². The number of carboxylic acids is 2. The first-order valence-electron chi connectivity index (χ1n) is 16.1. The number of ether oxygens (including phenoxy) is 5. The van der Waals surface area contributed by atoms with Gasteiger partial charge in [-0.1, -0.05) is 36.4 Å². The minimum atomic E-state index is -2.12. The van der Waals surface area contributed by atoms with Crippen molar-refractivity contribution in [1.82, 2.24) is 4.90 Å². The lowest BCUT2D eigenvalue weighted by Crippen LogP contribution is -2.74. The summed E-state index contributed by atoms with van der Waals surface area (Å²) < 4.78 is 27.3. The largest absolute Gasteiger partial charge is 0.504 e. The lowest BCUT2D eigenvalue weighted by atomic mass is 9.50. The number of hydrogen-bond donors (Lipinski definition) is 4. The molecule has 0 aromatic heterocycles. The minimum absolute atomic E-state index is 0.00283. The number of likely N-dealkylation sites (N-methyl/N-ethyl adjacent to an activating group) is 1. The molecule has 2 aromatic carbocycles. The summed E-state index contributed by atoms with van der Waals surface area (Å²) in [4.78, 5) is 76.8. The van der Waals surface area contributed by atoms with Crippen molar-refractivity contribution in [3.05, 3.63) is 71.0 Å². The molecule has 16 nitrogen and oxygen atoms in total.